The minimum Gasteiger partial charge on any atom is -0.444 e. The number of ether oxygens (including phenoxy) is 2. The van der Waals surface area contributed by atoms with Gasteiger partial charge in [-0.25, -0.2) is 18.6 Å². The van der Waals surface area contributed by atoms with E-state index in [-0.39, 0.29) is 24.1 Å². The van der Waals surface area contributed by atoms with Crippen LogP contribution in [-0.2, 0) is 29.6 Å². The van der Waals surface area contributed by atoms with Gasteiger partial charge in [-0.15, -0.1) is 0 Å². The van der Waals surface area contributed by atoms with E-state index in [0.717, 1.165) is 55.5 Å². The van der Waals surface area contributed by atoms with Crippen LogP contribution >= 0.6 is 0 Å². The van der Waals surface area contributed by atoms with Gasteiger partial charge in [0.1, 0.15) is 23.3 Å². The van der Waals surface area contributed by atoms with Crippen molar-refractivity contribution in [3.63, 3.8) is 0 Å². The number of hydrogen-bond acceptors (Lipinski definition) is 6. The summed E-state index contributed by atoms with van der Waals surface area (Å²) in [4.78, 5) is 34.3. The van der Waals surface area contributed by atoms with Gasteiger partial charge in [0.2, 0.25) is 0 Å². The van der Waals surface area contributed by atoms with Gasteiger partial charge >= 0.3 is 6.09 Å². The minimum atomic E-state index is -0.873. The molecule has 0 spiro atoms. The molecule has 2 saturated heterocycles. The van der Waals surface area contributed by atoms with Crippen molar-refractivity contribution in [2.45, 2.75) is 76.9 Å². The Labute approximate surface area is 221 Å². The molecule has 206 valence electrons. The summed E-state index contributed by atoms with van der Waals surface area (Å²) in [5.74, 6) is -0.751. The van der Waals surface area contributed by atoms with Crippen LogP contribution in [0.15, 0.2) is 18.2 Å². The highest BCUT2D eigenvalue weighted by Gasteiger charge is 2.41. The molecule has 3 aliphatic heterocycles. The lowest BCUT2D eigenvalue weighted by molar-refractivity contribution is -0.0630. The van der Waals surface area contributed by atoms with Crippen molar-refractivity contribution in [1.82, 2.24) is 24.7 Å². The third-order valence-corrected chi connectivity index (χ3v) is 7.43. The van der Waals surface area contributed by atoms with E-state index < -0.39 is 35.5 Å². The molecule has 2 amide bonds. The van der Waals surface area contributed by atoms with Crippen LogP contribution in [0.1, 0.15) is 73.7 Å². The van der Waals surface area contributed by atoms with Crippen molar-refractivity contribution in [2.24, 2.45) is 7.05 Å². The molecule has 1 N–H and O–H groups in total. The van der Waals surface area contributed by atoms with Crippen LogP contribution in [0.2, 0.25) is 0 Å². The zero-order chi connectivity index (χ0) is 27.2. The topological polar surface area (TPSA) is 88.9 Å². The fraction of sp³-hybridized carbons (Fsp3) is 0.593. The van der Waals surface area contributed by atoms with Crippen molar-refractivity contribution >= 4 is 12.0 Å². The van der Waals surface area contributed by atoms with Gasteiger partial charge in [-0.2, -0.15) is 0 Å². The van der Waals surface area contributed by atoms with Gasteiger partial charge in [0.25, 0.3) is 5.91 Å². The quantitative estimate of drug-likeness (QED) is 0.648. The summed E-state index contributed by atoms with van der Waals surface area (Å²) in [5.41, 5.74) is 1.17. The average molecular weight is 532 g/mol. The molecule has 1 aromatic carbocycles. The summed E-state index contributed by atoms with van der Waals surface area (Å²) < 4.78 is 42.1. The number of aromatic nitrogens is 2. The van der Waals surface area contributed by atoms with Crippen LogP contribution < -0.4 is 5.32 Å². The van der Waals surface area contributed by atoms with E-state index in [9.17, 15) is 18.4 Å². The number of benzene rings is 1. The second-order valence-electron chi connectivity index (χ2n) is 11.4. The lowest BCUT2D eigenvalue weighted by Crippen LogP contribution is -2.52. The van der Waals surface area contributed by atoms with Gasteiger partial charge in [0.15, 0.2) is 5.82 Å². The first-order valence-electron chi connectivity index (χ1n) is 13.1. The number of hydrogen-bond donors (Lipinski definition) is 1. The van der Waals surface area contributed by atoms with E-state index in [4.69, 9.17) is 9.47 Å². The molecule has 9 nitrogen and oxygen atoms in total. The SMILES string of the molecule is Cn1c(C(=O)N2CCCC2)nc2c1CN([C@H]1CO[C@H](c3cc(F)ccc3F)[C@@H](NC(=O)OC(C)(C)C)C1)C2. The second-order valence-corrected chi connectivity index (χ2v) is 11.4. The molecule has 0 aliphatic carbocycles. The maximum atomic E-state index is 14.7. The highest BCUT2D eigenvalue weighted by atomic mass is 19.1. The van der Waals surface area contributed by atoms with E-state index in [1.54, 1.807) is 20.8 Å². The van der Waals surface area contributed by atoms with Crippen LogP contribution in [0.5, 0.6) is 0 Å². The number of nitrogens with zero attached hydrogens (tertiary/aromatic N) is 4. The number of amides is 2. The Morgan fingerprint density at radius 3 is 2.58 bits per heavy atom. The first-order valence-corrected chi connectivity index (χ1v) is 13.1. The standard InChI is InChI=1S/C27H35F2N5O4/c1-27(2,3)38-26(36)31-20-12-17(15-37-23(20)18-11-16(28)7-8-19(18)29)34-13-21-22(14-34)32(4)24(30-21)25(35)33-9-5-6-10-33/h7-8,11,17,20,23H,5-6,9-10,12-15H2,1-4H3,(H,31,36)/t17-,20+,23-/m1/s1. The van der Waals surface area contributed by atoms with Crippen molar-refractivity contribution in [3.05, 3.63) is 52.6 Å². The number of alkyl carbamates (subject to hydrolysis) is 1. The molecule has 0 saturated carbocycles. The molecule has 2 aromatic rings. The molecule has 4 heterocycles. The number of likely N-dealkylation sites (tertiary alicyclic amines) is 1. The fourth-order valence-corrected chi connectivity index (χ4v) is 5.57. The largest absolute Gasteiger partial charge is 0.444 e. The van der Waals surface area contributed by atoms with E-state index >= 15 is 0 Å². The van der Waals surface area contributed by atoms with Gasteiger partial charge in [0, 0.05) is 44.8 Å². The summed E-state index contributed by atoms with van der Waals surface area (Å²) >= 11 is 0. The van der Waals surface area contributed by atoms with Crippen LogP contribution in [0.4, 0.5) is 13.6 Å². The number of halogens is 2. The van der Waals surface area contributed by atoms with Crippen molar-refractivity contribution in [3.8, 4) is 0 Å². The molecule has 0 bridgehead atoms. The highest BCUT2D eigenvalue weighted by molar-refractivity contribution is 5.91. The van der Waals surface area contributed by atoms with E-state index in [1.807, 2.05) is 16.5 Å². The molecule has 0 unspecified atom stereocenters. The average Bonchev–Trinajstić information content (AvgIpc) is 3.58. The van der Waals surface area contributed by atoms with Crippen LogP contribution in [0.3, 0.4) is 0 Å². The van der Waals surface area contributed by atoms with Gasteiger partial charge in [-0.1, -0.05) is 0 Å². The van der Waals surface area contributed by atoms with E-state index in [0.29, 0.717) is 25.3 Å². The first kappa shape index (κ1) is 26.6. The second kappa shape index (κ2) is 10.3. The fourth-order valence-electron chi connectivity index (χ4n) is 5.57. The Kier molecular flexibility index (Phi) is 7.17. The maximum Gasteiger partial charge on any atom is 0.407 e. The third-order valence-electron chi connectivity index (χ3n) is 7.43. The lowest BCUT2D eigenvalue weighted by Gasteiger charge is -2.40. The van der Waals surface area contributed by atoms with Crippen molar-refractivity contribution in [2.75, 3.05) is 19.7 Å². The van der Waals surface area contributed by atoms with Crippen LogP contribution in [-0.4, -0.2) is 68.7 Å². The number of nitrogens with one attached hydrogen (secondary N) is 1. The highest BCUT2D eigenvalue weighted by Crippen LogP contribution is 2.35. The number of imidazole rings is 1. The summed E-state index contributed by atoms with van der Waals surface area (Å²) in [7, 11) is 1.87. The van der Waals surface area contributed by atoms with E-state index in [2.05, 4.69) is 15.2 Å². The summed E-state index contributed by atoms with van der Waals surface area (Å²) in [6.07, 6.45) is 0.953. The summed E-state index contributed by atoms with van der Waals surface area (Å²) in [5, 5.41) is 2.83. The van der Waals surface area contributed by atoms with Gasteiger partial charge < -0.3 is 24.3 Å². The molecule has 5 rings (SSSR count). The minimum absolute atomic E-state index is 0.0338. The Balaban J connectivity index is 1.32. The molecular weight excluding hydrogens is 496 g/mol. The zero-order valence-electron chi connectivity index (χ0n) is 22.3. The monoisotopic (exact) mass is 531 g/mol. The summed E-state index contributed by atoms with van der Waals surface area (Å²) in [6, 6.07) is 2.46. The Bertz CT molecular complexity index is 1220. The maximum absolute atomic E-state index is 14.7. The number of fused-ring (bicyclic) bond motifs is 1. The predicted molar refractivity (Wildman–Crippen MR) is 134 cm³/mol. The van der Waals surface area contributed by atoms with Crippen LogP contribution in [0.25, 0.3) is 0 Å². The van der Waals surface area contributed by atoms with Gasteiger partial charge in [-0.05, 0) is 58.2 Å². The molecule has 11 heteroatoms. The Morgan fingerprint density at radius 2 is 1.89 bits per heavy atom. The molecule has 2 fully saturated rings. The molecule has 38 heavy (non-hydrogen) atoms. The Hall–Kier alpha value is -3.05. The number of carbonyl (C=O) groups is 2. The predicted octanol–water partition coefficient (Wildman–Crippen LogP) is 3.67. The first-order chi connectivity index (χ1) is 18.0. The number of rotatable bonds is 4. The van der Waals surface area contributed by atoms with E-state index in [1.165, 1.54) is 0 Å². The van der Waals surface area contributed by atoms with Crippen molar-refractivity contribution in [1.29, 1.82) is 0 Å². The lowest BCUT2D eigenvalue weighted by atomic mass is 9.92. The van der Waals surface area contributed by atoms with Crippen LogP contribution in [0, 0.1) is 11.6 Å². The molecule has 3 atom stereocenters. The molecular formula is C27H35F2N5O4. The number of carbonyl (C=O) groups excluding carboxylic acids is 2. The van der Waals surface area contributed by atoms with Gasteiger partial charge in [-0.3, -0.25) is 9.69 Å². The summed E-state index contributed by atoms with van der Waals surface area (Å²) in [6.45, 7) is 8.17. The molecule has 1 aromatic heterocycles. The van der Waals surface area contributed by atoms with Crippen molar-refractivity contribution < 1.29 is 27.8 Å². The molecule has 3 aliphatic rings. The van der Waals surface area contributed by atoms with Gasteiger partial charge in [0.05, 0.1) is 24.0 Å². The molecule has 0 radical (unpaired) electrons. The normalized spacial score (nSPS) is 23.9. The Morgan fingerprint density at radius 1 is 1.16 bits per heavy atom. The zero-order valence-corrected chi connectivity index (χ0v) is 22.3. The third kappa shape index (κ3) is 5.40. The smallest absolute Gasteiger partial charge is 0.407 e.